The molecule has 24 heavy (non-hydrogen) atoms. The summed E-state index contributed by atoms with van der Waals surface area (Å²) in [6.45, 7) is 3.65. The number of nitrogens with zero attached hydrogens (tertiary/aromatic N) is 5. The molecule has 0 N–H and O–H groups in total. The molecular weight excluding hydrogens is 306 g/mol. The van der Waals surface area contributed by atoms with E-state index in [2.05, 4.69) is 32.0 Å². The zero-order valence-corrected chi connectivity index (χ0v) is 13.0. The molecule has 1 fully saturated rings. The van der Waals surface area contributed by atoms with Gasteiger partial charge in [0.1, 0.15) is 0 Å². The number of ether oxygens (including phenoxy) is 1. The summed E-state index contributed by atoms with van der Waals surface area (Å²) in [5, 5.41) is 0. The minimum atomic E-state index is 0.582. The smallest absolute Gasteiger partial charge is 0.215 e. The van der Waals surface area contributed by atoms with E-state index in [1.54, 1.807) is 0 Å². The molecule has 1 aromatic carbocycles. The molecule has 2 aliphatic rings. The molecule has 3 aromatic rings. The Balaban J connectivity index is 1.63. The second-order valence-electron chi connectivity index (χ2n) is 5.86. The van der Waals surface area contributed by atoms with Crippen molar-refractivity contribution in [1.82, 2.24) is 15.0 Å². The van der Waals surface area contributed by atoms with Crippen LogP contribution in [0.3, 0.4) is 0 Å². The van der Waals surface area contributed by atoms with Crippen molar-refractivity contribution in [3.05, 3.63) is 35.7 Å². The minimum absolute atomic E-state index is 0.582. The highest BCUT2D eigenvalue weighted by Gasteiger charge is 2.21. The van der Waals surface area contributed by atoms with Gasteiger partial charge in [-0.05, 0) is 17.2 Å². The predicted octanol–water partition coefficient (Wildman–Crippen LogP) is 2.05. The molecule has 0 bridgehead atoms. The van der Waals surface area contributed by atoms with Gasteiger partial charge in [0.15, 0.2) is 18.0 Å². The number of benzene rings is 1. The Kier molecular flexibility index (Phi) is 3.05. The fourth-order valence-electron chi connectivity index (χ4n) is 3.12. The molecule has 0 amide bonds. The fraction of sp³-hybridized carbons (Fsp3) is 0.294. The SMILES string of the molecule is C1=NCc2cc(-c3nc(N4CCOCC4)c4ocnc4n3)ccc21. The summed E-state index contributed by atoms with van der Waals surface area (Å²) in [5.74, 6) is 1.44. The largest absolute Gasteiger partial charge is 0.438 e. The van der Waals surface area contributed by atoms with E-state index in [1.165, 1.54) is 12.0 Å². The van der Waals surface area contributed by atoms with Crippen LogP contribution in [0.5, 0.6) is 0 Å². The zero-order chi connectivity index (χ0) is 15.9. The van der Waals surface area contributed by atoms with Crippen LogP contribution in [-0.2, 0) is 11.3 Å². The van der Waals surface area contributed by atoms with Gasteiger partial charge in [0, 0.05) is 24.9 Å². The van der Waals surface area contributed by atoms with Crippen LogP contribution >= 0.6 is 0 Å². The summed E-state index contributed by atoms with van der Waals surface area (Å²) in [4.78, 5) is 20.1. The molecule has 0 saturated carbocycles. The number of morpholine rings is 1. The summed E-state index contributed by atoms with van der Waals surface area (Å²) in [6.07, 6.45) is 3.32. The summed E-state index contributed by atoms with van der Waals surface area (Å²) in [7, 11) is 0. The molecule has 0 radical (unpaired) electrons. The first-order chi connectivity index (χ1) is 11.9. The quantitative estimate of drug-likeness (QED) is 0.719. The van der Waals surface area contributed by atoms with Crippen LogP contribution in [0.25, 0.3) is 22.6 Å². The van der Waals surface area contributed by atoms with Crippen molar-refractivity contribution >= 4 is 23.3 Å². The summed E-state index contributed by atoms with van der Waals surface area (Å²) < 4.78 is 11.0. The van der Waals surface area contributed by atoms with Crippen molar-refractivity contribution in [1.29, 1.82) is 0 Å². The molecule has 0 unspecified atom stereocenters. The number of hydrogen-bond acceptors (Lipinski definition) is 7. The van der Waals surface area contributed by atoms with Crippen LogP contribution in [0.15, 0.2) is 34.0 Å². The molecule has 120 valence electrons. The summed E-state index contributed by atoms with van der Waals surface area (Å²) >= 11 is 0. The fourth-order valence-corrected chi connectivity index (χ4v) is 3.12. The van der Waals surface area contributed by atoms with Crippen LogP contribution in [0.2, 0.25) is 0 Å². The lowest BCUT2D eigenvalue weighted by molar-refractivity contribution is 0.122. The molecular formula is C17H15N5O2. The van der Waals surface area contributed by atoms with Crippen molar-refractivity contribution in [2.45, 2.75) is 6.54 Å². The van der Waals surface area contributed by atoms with E-state index in [1.807, 2.05) is 12.3 Å². The molecule has 4 heterocycles. The number of anilines is 1. The second kappa shape index (κ2) is 5.38. The first kappa shape index (κ1) is 13.6. The van der Waals surface area contributed by atoms with Gasteiger partial charge < -0.3 is 14.1 Å². The van der Waals surface area contributed by atoms with Crippen molar-refractivity contribution in [3.63, 3.8) is 0 Å². The number of aliphatic imine (C=N–C) groups is 1. The van der Waals surface area contributed by atoms with Gasteiger partial charge in [-0.25, -0.2) is 9.97 Å². The van der Waals surface area contributed by atoms with E-state index >= 15 is 0 Å². The van der Waals surface area contributed by atoms with Gasteiger partial charge in [-0.1, -0.05) is 12.1 Å². The second-order valence-corrected chi connectivity index (χ2v) is 5.86. The van der Waals surface area contributed by atoms with Crippen molar-refractivity contribution in [2.24, 2.45) is 4.99 Å². The monoisotopic (exact) mass is 321 g/mol. The van der Waals surface area contributed by atoms with Gasteiger partial charge in [0.25, 0.3) is 0 Å². The number of aromatic nitrogens is 3. The maximum absolute atomic E-state index is 5.53. The number of rotatable bonds is 2. The maximum Gasteiger partial charge on any atom is 0.215 e. The minimum Gasteiger partial charge on any atom is -0.438 e. The van der Waals surface area contributed by atoms with Crippen LogP contribution in [0.4, 0.5) is 5.82 Å². The highest BCUT2D eigenvalue weighted by molar-refractivity contribution is 5.87. The van der Waals surface area contributed by atoms with E-state index < -0.39 is 0 Å². The third-order valence-corrected chi connectivity index (χ3v) is 4.38. The number of hydrogen-bond donors (Lipinski definition) is 0. The highest BCUT2D eigenvalue weighted by atomic mass is 16.5. The normalized spacial score (nSPS) is 16.8. The molecule has 0 spiro atoms. The molecule has 2 aromatic heterocycles. The van der Waals surface area contributed by atoms with Crippen LogP contribution < -0.4 is 4.90 Å². The van der Waals surface area contributed by atoms with Gasteiger partial charge in [-0.3, -0.25) is 4.99 Å². The molecule has 0 aliphatic carbocycles. The first-order valence-electron chi connectivity index (χ1n) is 7.95. The van der Waals surface area contributed by atoms with Crippen molar-refractivity contribution in [3.8, 4) is 11.4 Å². The van der Waals surface area contributed by atoms with Crippen molar-refractivity contribution in [2.75, 3.05) is 31.2 Å². The Bertz CT molecular complexity index is 943. The molecule has 7 nitrogen and oxygen atoms in total. The first-order valence-corrected chi connectivity index (χ1v) is 7.95. The third kappa shape index (κ3) is 2.16. The van der Waals surface area contributed by atoms with Crippen LogP contribution in [0, 0.1) is 0 Å². The third-order valence-electron chi connectivity index (χ3n) is 4.38. The van der Waals surface area contributed by atoms with E-state index in [0.29, 0.717) is 36.8 Å². The maximum atomic E-state index is 5.53. The average Bonchev–Trinajstić information content (AvgIpc) is 3.29. The van der Waals surface area contributed by atoms with E-state index in [4.69, 9.17) is 14.1 Å². The molecule has 5 rings (SSSR count). The van der Waals surface area contributed by atoms with E-state index in [-0.39, 0.29) is 0 Å². The molecule has 7 heteroatoms. The average molecular weight is 321 g/mol. The number of fused-ring (bicyclic) bond motifs is 2. The predicted molar refractivity (Wildman–Crippen MR) is 89.4 cm³/mol. The van der Waals surface area contributed by atoms with Crippen LogP contribution in [-0.4, -0.2) is 47.5 Å². The standard InChI is InChI=1S/C17H15N5O2/c1-2-12-8-18-9-13(12)7-11(1)15-20-16-14(24-10-19-16)17(21-15)22-3-5-23-6-4-22/h1-2,7-8,10H,3-6,9H2. The Morgan fingerprint density at radius 3 is 2.92 bits per heavy atom. The van der Waals surface area contributed by atoms with Crippen molar-refractivity contribution < 1.29 is 9.15 Å². The summed E-state index contributed by atoms with van der Waals surface area (Å²) in [5.41, 5.74) is 4.54. The van der Waals surface area contributed by atoms with E-state index in [0.717, 1.165) is 30.0 Å². The molecule has 2 aliphatic heterocycles. The van der Waals surface area contributed by atoms with Gasteiger partial charge in [0.05, 0.1) is 19.8 Å². The Hall–Kier alpha value is -2.80. The highest BCUT2D eigenvalue weighted by Crippen LogP contribution is 2.29. The van der Waals surface area contributed by atoms with Gasteiger partial charge >= 0.3 is 0 Å². The van der Waals surface area contributed by atoms with E-state index in [9.17, 15) is 0 Å². The van der Waals surface area contributed by atoms with Crippen LogP contribution in [0.1, 0.15) is 11.1 Å². The Morgan fingerprint density at radius 2 is 2.00 bits per heavy atom. The van der Waals surface area contributed by atoms with Gasteiger partial charge in [-0.2, -0.15) is 4.98 Å². The summed E-state index contributed by atoms with van der Waals surface area (Å²) in [6, 6.07) is 6.19. The lowest BCUT2D eigenvalue weighted by Gasteiger charge is -2.27. The number of oxazole rings is 1. The lowest BCUT2D eigenvalue weighted by Crippen LogP contribution is -2.37. The van der Waals surface area contributed by atoms with Gasteiger partial charge in [0.2, 0.25) is 11.2 Å². The zero-order valence-electron chi connectivity index (χ0n) is 13.0. The molecule has 0 atom stereocenters. The Labute approximate surface area is 138 Å². The Morgan fingerprint density at radius 1 is 1.08 bits per heavy atom. The molecule has 1 saturated heterocycles. The topological polar surface area (TPSA) is 76.6 Å². The van der Waals surface area contributed by atoms with Gasteiger partial charge in [-0.15, -0.1) is 0 Å². The lowest BCUT2D eigenvalue weighted by atomic mass is 10.1.